The topological polar surface area (TPSA) is 60.0 Å². The zero-order valence-corrected chi connectivity index (χ0v) is 18.3. The second-order valence-electron chi connectivity index (χ2n) is 6.67. The van der Waals surface area contributed by atoms with E-state index in [9.17, 15) is 4.79 Å². The SMILES string of the molecule is CCCN1CCC(NC(=NCC(=O)N(C)C)NC(C)CC)CC1.I. The van der Waals surface area contributed by atoms with Gasteiger partial charge in [-0.15, -0.1) is 24.0 Å². The molecule has 6 nitrogen and oxygen atoms in total. The predicted octanol–water partition coefficient (Wildman–Crippen LogP) is 1.90. The second kappa shape index (κ2) is 12.7. The third-order valence-electron chi connectivity index (χ3n) is 4.33. The number of carbonyl (C=O) groups excluding carboxylic acids is 1. The van der Waals surface area contributed by atoms with E-state index in [-0.39, 0.29) is 36.4 Å². The molecule has 1 aliphatic heterocycles. The molecule has 0 aromatic carbocycles. The van der Waals surface area contributed by atoms with Gasteiger partial charge in [0.1, 0.15) is 6.54 Å². The number of carbonyl (C=O) groups is 1. The zero-order chi connectivity index (χ0) is 17.2. The summed E-state index contributed by atoms with van der Waals surface area (Å²) in [6.45, 7) is 10.2. The molecule has 1 rings (SSSR count). The fourth-order valence-electron chi connectivity index (χ4n) is 2.57. The van der Waals surface area contributed by atoms with Crippen LogP contribution in [0.25, 0.3) is 0 Å². The van der Waals surface area contributed by atoms with E-state index in [1.54, 1.807) is 19.0 Å². The van der Waals surface area contributed by atoms with E-state index in [0.29, 0.717) is 12.1 Å². The van der Waals surface area contributed by atoms with E-state index >= 15 is 0 Å². The molecular formula is C17H36IN5O. The maximum atomic E-state index is 11.8. The van der Waals surface area contributed by atoms with Crippen molar-refractivity contribution in [2.24, 2.45) is 4.99 Å². The van der Waals surface area contributed by atoms with Gasteiger partial charge in [0.05, 0.1) is 0 Å². The molecule has 7 heteroatoms. The van der Waals surface area contributed by atoms with Crippen LogP contribution in [0.4, 0.5) is 0 Å². The molecule has 1 aliphatic rings. The largest absolute Gasteiger partial charge is 0.354 e. The fraction of sp³-hybridized carbons (Fsp3) is 0.882. The smallest absolute Gasteiger partial charge is 0.243 e. The van der Waals surface area contributed by atoms with E-state index < -0.39 is 0 Å². The number of likely N-dealkylation sites (tertiary alicyclic amines) is 1. The van der Waals surface area contributed by atoms with Gasteiger partial charge in [-0.1, -0.05) is 13.8 Å². The summed E-state index contributed by atoms with van der Waals surface area (Å²) in [6.07, 6.45) is 4.50. The summed E-state index contributed by atoms with van der Waals surface area (Å²) in [5.74, 6) is 0.788. The summed E-state index contributed by atoms with van der Waals surface area (Å²) in [5, 5.41) is 6.92. The lowest BCUT2D eigenvalue weighted by Crippen LogP contribution is -2.50. The summed E-state index contributed by atoms with van der Waals surface area (Å²) in [6, 6.07) is 0.781. The van der Waals surface area contributed by atoms with E-state index in [1.165, 1.54) is 13.0 Å². The van der Waals surface area contributed by atoms with E-state index in [2.05, 4.69) is 41.3 Å². The number of nitrogens with zero attached hydrogens (tertiary/aromatic N) is 3. The molecule has 1 atom stereocenters. The van der Waals surface area contributed by atoms with Gasteiger partial charge in [0.25, 0.3) is 0 Å². The van der Waals surface area contributed by atoms with Crippen molar-refractivity contribution in [2.45, 2.75) is 58.5 Å². The van der Waals surface area contributed by atoms with Crippen molar-refractivity contribution in [2.75, 3.05) is 40.3 Å². The minimum absolute atomic E-state index is 0. The van der Waals surface area contributed by atoms with Gasteiger partial charge in [0.2, 0.25) is 5.91 Å². The molecule has 0 radical (unpaired) electrons. The van der Waals surface area contributed by atoms with Crippen LogP contribution >= 0.6 is 24.0 Å². The molecular weight excluding hydrogens is 417 g/mol. The highest BCUT2D eigenvalue weighted by molar-refractivity contribution is 14.0. The van der Waals surface area contributed by atoms with Crippen molar-refractivity contribution in [3.63, 3.8) is 0 Å². The molecule has 0 aliphatic carbocycles. The number of nitrogens with one attached hydrogen (secondary N) is 2. The number of rotatable bonds is 7. The van der Waals surface area contributed by atoms with Gasteiger partial charge < -0.3 is 20.4 Å². The molecule has 1 amide bonds. The van der Waals surface area contributed by atoms with E-state index in [1.807, 2.05) is 0 Å². The minimum atomic E-state index is 0. The molecule has 142 valence electrons. The molecule has 0 spiro atoms. The predicted molar refractivity (Wildman–Crippen MR) is 112 cm³/mol. The number of guanidine groups is 1. The standard InChI is InChI=1S/C17H35N5O.HI/c1-6-10-22-11-8-15(9-12-22)20-17(19-14(3)7-2)18-13-16(23)21(4)5;/h14-15H,6-13H2,1-5H3,(H2,18,19,20);1H. The highest BCUT2D eigenvalue weighted by Crippen LogP contribution is 2.10. The average molecular weight is 453 g/mol. The van der Waals surface area contributed by atoms with Crippen LogP contribution in [0.15, 0.2) is 4.99 Å². The maximum absolute atomic E-state index is 11.8. The quantitative estimate of drug-likeness (QED) is 0.351. The van der Waals surface area contributed by atoms with Gasteiger partial charge in [0.15, 0.2) is 5.96 Å². The molecule has 0 saturated carbocycles. The van der Waals surface area contributed by atoms with Gasteiger partial charge in [-0.2, -0.15) is 0 Å². The van der Waals surface area contributed by atoms with E-state index in [0.717, 1.165) is 38.3 Å². The average Bonchev–Trinajstić information content (AvgIpc) is 2.54. The Bertz CT molecular complexity index is 381. The van der Waals surface area contributed by atoms with Crippen LogP contribution in [0.3, 0.4) is 0 Å². The third kappa shape index (κ3) is 9.05. The molecule has 1 fully saturated rings. The van der Waals surface area contributed by atoms with Crippen molar-refractivity contribution in [1.29, 1.82) is 0 Å². The molecule has 1 saturated heterocycles. The van der Waals surface area contributed by atoms with Crippen molar-refractivity contribution in [3.05, 3.63) is 0 Å². The normalized spacial score (nSPS) is 17.8. The molecule has 0 aromatic rings. The van der Waals surface area contributed by atoms with Crippen molar-refractivity contribution < 1.29 is 4.79 Å². The number of amides is 1. The van der Waals surface area contributed by atoms with Crippen LogP contribution in [0.1, 0.15) is 46.5 Å². The van der Waals surface area contributed by atoms with Gasteiger partial charge in [-0.3, -0.25) is 4.79 Å². The van der Waals surface area contributed by atoms with Crippen molar-refractivity contribution in [3.8, 4) is 0 Å². The summed E-state index contributed by atoms with van der Waals surface area (Å²) in [4.78, 5) is 20.3. The number of aliphatic imine (C=N–C) groups is 1. The monoisotopic (exact) mass is 453 g/mol. The Morgan fingerprint density at radius 1 is 1.29 bits per heavy atom. The number of hydrogen-bond donors (Lipinski definition) is 2. The minimum Gasteiger partial charge on any atom is -0.354 e. The van der Waals surface area contributed by atoms with Gasteiger partial charge in [-0.25, -0.2) is 4.99 Å². The van der Waals surface area contributed by atoms with E-state index in [4.69, 9.17) is 0 Å². The second-order valence-corrected chi connectivity index (χ2v) is 6.67. The van der Waals surface area contributed by atoms with Gasteiger partial charge in [-0.05, 0) is 39.2 Å². The number of hydrogen-bond acceptors (Lipinski definition) is 3. The van der Waals surface area contributed by atoms with Crippen molar-refractivity contribution >= 4 is 35.8 Å². The first-order valence-electron chi connectivity index (χ1n) is 8.96. The Kier molecular flexibility index (Phi) is 12.4. The summed E-state index contributed by atoms with van der Waals surface area (Å²) >= 11 is 0. The Morgan fingerprint density at radius 3 is 2.42 bits per heavy atom. The molecule has 1 heterocycles. The van der Waals surface area contributed by atoms with Crippen LogP contribution in [0, 0.1) is 0 Å². The molecule has 0 bridgehead atoms. The lowest BCUT2D eigenvalue weighted by molar-refractivity contribution is -0.127. The Labute approximate surface area is 164 Å². The van der Waals surface area contributed by atoms with Crippen LogP contribution in [0.5, 0.6) is 0 Å². The summed E-state index contributed by atoms with van der Waals surface area (Å²) < 4.78 is 0. The van der Waals surface area contributed by atoms with Gasteiger partial charge >= 0.3 is 0 Å². The Hall–Kier alpha value is -0.570. The fourth-order valence-corrected chi connectivity index (χ4v) is 2.57. The maximum Gasteiger partial charge on any atom is 0.243 e. The number of halogens is 1. The van der Waals surface area contributed by atoms with Crippen LogP contribution in [0.2, 0.25) is 0 Å². The van der Waals surface area contributed by atoms with Crippen LogP contribution in [-0.2, 0) is 4.79 Å². The first-order valence-corrected chi connectivity index (χ1v) is 8.96. The summed E-state index contributed by atoms with van der Waals surface area (Å²) in [7, 11) is 3.52. The van der Waals surface area contributed by atoms with Crippen LogP contribution in [-0.4, -0.2) is 74.0 Å². The third-order valence-corrected chi connectivity index (χ3v) is 4.33. The Balaban J connectivity index is 0.00000529. The molecule has 1 unspecified atom stereocenters. The lowest BCUT2D eigenvalue weighted by atomic mass is 10.1. The first kappa shape index (κ1) is 23.4. The lowest BCUT2D eigenvalue weighted by Gasteiger charge is -2.33. The molecule has 0 aromatic heterocycles. The highest BCUT2D eigenvalue weighted by Gasteiger charge is 2.20. The zero-order valence-electron chi connectivity index (χ0n) is 16.0. The highest BCUT2D eigenvalue weighted by atomic mass is 127. The molecule has 2 N–H and O–H groups in total. The molecule has 24 heavy (non-hydrogen) atoms. The van der Waals surface area contributed by atoms with Gasteiger partial charge in [0, 0.05) is 39.3 Å². The number of likely N-dealkylation sites (N-methyl/N-ethyl adjacent to an activating group) is 1. The Morgan fingerprint density at radius 2 is 1.92 bits per heavy atom. The first-order chi connectivity index (χ1) is 11.0. The van der Waals surface area contributed by atoms with Crippen molar-refractivity contribution in [1.82, 2.24) is 20.4 Å². The summed E-state index contributed by atoms with van der Waals surface area (Å²) in [5.41, 5.74) is 0. The number of piperidine rings is 1. The van der Waals surface area contributed by atoms with Crippen LogP contribution < -0.4 is 10.6 Å².